The van der Waals surface area contributed by atoms with Gasteiger partial charge in [0.2, 0.25) is 0 Å². The highest BCUT2D eigenvalue weighted by atomic mass is 32.2. The van der Waals surface area contributed by atoms with Gasteiger partial charge in [-0.15, -0.1) is 29.0 Å². The first-order chi connectivity index (χ1) is 28.0. The van der Waals surface area contributed by atoms with E-state index >= 15 is 0 Å². The number of nitrogens with zero attached hydrogens (tertiary/aromatic N) is 1. The van der Waals surface area contributed by atoms with E-state index in [1.54, 1.807) is 17.8 Å². The normalized spacial score (nSPS) is 15.9. The summed E-state index contributed by atoms with van der Waals surface area (Å²) in [5.41, 5.74) is 25.4. The van der Waals surface area contributed by atoms with Gasteiger partial charge in [-0.1, -0.05) is 122 Å². The molecule has 57 heavy (non-hydrogen) atoms. The third-order valence-electron chi connectivity index (χ3n) is 10.3. The van der Waals surface area contributed by atoms with Crippen LogP contribution in [0.3, 0.4) is 0 Å². The summed E-state index contributed by atoms with van der Waals surface area (Å²) in [5, 5.41) is 2.47. The second-order valence-corrected chi connectivity index (χ2v) is 14.7. The lowest BCUT2D eigenvalue weighted by Gasteiger charge is -2.29. The van der Waals surface area contributed by atoms with Crippen molar-refractivity contribution >= 4 is 57.2 Å². The third kappa shape index (κ3) is 8.52. The Morgan fingerprint density at radius 1 is 0.877 bits per heavy atom. The van der Waals surface area contributed by atoms with E-state index in [0.717, 1.165) is 29.7 Å². The van der Waals surface area contributed by atoms with E-state index in [1.807, 2.05) is 25.2 Å². The molecular formula is C55H47NS. The van der Waals surface area contributed by atoms with E-state index in [2.05, 4.69) is 201 Å². The van der Waals surface area contributed by atoms with E-state index in [4.69, 9.17) is 0 Å². The van der Waals surface area contributed by atoms with Gasteiger partial charge in [-0.25, -0.2) is 0 Å². The summed E-state index contributed by atoms with van der Waals surface area (Å²) in [6.07, 6.45) is 42.9. The molecule has 0 radical (unpaired) electrons. The fraction of sp³-hybridized carbons (Fsp3) is 0.109. The molecule has 0 amide bonds. The minimum absolute atomic E-state index is 0.741. The second kappa shape index (κ2) is 18.4. The summed E-state index contributed by atoms with van der Waals surface area (Å²) in [7, 11) is 0. The van der Waals surface area contributed by atoms with Crippen LogP contribution in [0.25, 0.3) is 45.2 Å². The van der Waals surface area contributed by atoms with Crippen molar-refractivity contribution in [3.05, 3.63) is 227 Å². The van der Waals surface area contributed by atoms with Crippen LogP contribution in [-0.2, 0) is 6.42 Å². The largest absolute Gasteiger partial charge is 0.337 e. The minimum Gasteiger partial charge on any atom is -0.337 e. The molecule has 0 aromatic heterocycles. The summed E-state index contributed by atoms with van der Waals surface area (Å²) in [6.45, 7) is 10.9. The van der Waals surface area contributed by atoms with Gasteiger partial charge in [-0.2, -0.15) is 0 Å². The Kier molecular flexibility index (Phi) is 12.5. The van der Waals surface area contributed by atoms with Crippen molar-refractivity contribution in [1.82, 2.24) is 0 Å². The number of hydrogen-bond acceptors (Lipinski definition) is 2. The first kappa shape index (κ1) is 38.8. The molecule has 1 heterocycles. The SMILES string of the molecule is C=CC=C=C(/C=C\C)C1=C=CC(c2cc(/C(C)=C/C=C\C)cc(-c3ccc4c(c3)C/C=C\C=C/CN4c3cc4ccccc4c4c3C=C=CC=C4)c2SC)=CC=C1. The maximum absolute atomic E-state index is 3.84. The van der Waals surface area contributed by atoms with Crippen molar-refractivity contribution in [1.29, 1.82) is 0 Å². The molecule has 2 heteroatoms. The molecule has 1 nitrogen and oxygen atoms in total. The zero-order valence-corrected chi connectivity index (χ0v) is 34.0. The summed E-state index contributed by atoms with van der Waals surface area (Å²) >= 11 is 1.79. The van der Waals surface area contributed by atoms with E-state index in [9.17, 15) is 0 Å². The van der Waals surface area contributed by atoms with Crippen LogP contribution in [0.5, 0.6) is 0 Å². The van der Waals surface area contributed by atoms with Crippen LogP contribution >= 0.6 is 11.8 Å². The molecule has 0 spiro atoms. The standard InChI is InChI=1S/C55H47NS/c1-6-9-22-40(4)47-37-51(43-27-20-26-42(31-32-43)41(21-8-3)23-10-7-2)55(57-5)52(38-47)45-33-34-53-46(36-45)25-14-11-12-19-35-56(53)54-39-44-24-17-18-28-48(44)49-29-15-13-16-30-50(49)54/h6-15,17-22,24,26-30,32-34,36-39H,2,25,35H2,1,3-5H3/b9-6-,14-11-,19-12-,21-8-,40-22+. The smallest absolute Gasteiger partial charge is 0.0506 e. The van der Waals surface area contributed by atoms with Gasteiger partial charge in [0.05, 0.1) is 5.69 Å². The van der Waals surface area contributed by atoms with E-state index in [-0.39, 0.29) is 0 Å². The van der Waals surface area contributed by atoms with Crippen molar-refractivity contribution in [2.45, 2.75) is 32.1 Å². The Morgan fingerprint density at radius 2 is 1.74 bits per heavy atom. The lowest BCUT2D eigenvalue weighted by Crippen LogP contribution is -2.20. The number of rotatable bonds is 9. The molecule has 0 saturated carbocycles. The molecule has 7 rings (SSSR count). The summed E-state index contributed by atoms with van der Waals surface area (Å²) < 4.78 is 0. The number of benzene rings is 4. The van der Waals surface area contributed by atoms with Gasteiger partial charge in [0, 0.05) is 33.8 Å². The molecule has 4 aromatic carbocycles. The highest BCUT2D eigenvalue weighted by Crippen LogP contribution is 2.43. The Morgan fingerprint density at radius 3 is 2.58 bits per heavy atom. The van der Waals surface area contributed by atoms with Crippen molar-refractivity contribution in [2.75, 3.05) is 17.7 Å². The van der Waals surface area contributed by atoms with Crippen molar-refractivity contribution in [3.8, 4) is 11.1 Å². The number of allylic oxidation sites excluding steroid dienone is 18. The zero-order valence-electron chi connectivity index (χ0n) is 33.2. The van der Waals surface area contributed by atoms with Gasteiger partial charge in [-0.3, -0.25) is 0 Å². The van der Waals surface area contributed by atoms with Crippen molar-refractivity contribution < 1.29 is 0 Å². The first-order valence-electron chi connectivity index (χ1n) is 19.5. The van der Waals surface area contributed by atoms with E-state index < -0.39 is 0 Å². The van der Waals surface area contributed by atoms with Crippen LogP contribution in [0.1, 0.15) is 48.6 Å². The Bertz CT molecular complexity index is 2710. The fourth-order valence-electron chi connectivity index (χ4n) is 7.49. The quantitative estimate of drug-likeness (QED) is 0.0951. The molecule has 0 N–H and O–H groups in total. The summed E-state index contributed by atoms with van der Waals surface area (Å²) in [4.78, 5) is 3.71. The molecule has 3 aliphatic rings. The van der Waals surface area contributed by atoms with Crippen LogP contribution in [0.15, 0.2) is 204 Å². The minimum atomic E-state index is 0.741. The molecule has 2 aliphatic carbocycles. The van der Waals surface area contributed by atoms with Crippen LogP contribution in [-0.4, -0.2) is 12.8 Å². The Labute approximate surface area is 343 Å². The lowest BCUT2D eigenvalue weighted by atomic mass is 9.91. The van der Waals surface area contributed by atoms with Crippen LogP contribution in [0.2, 0.25) is 0 Å². The van der Waals surface area contributed by atoms with Gasteiger partial charge >= 0.3 is 0 Å². The third-order valence-corrected chi connectivity index (χ3v) is 11.1. The average Bonchev–Trinajstić information content (AvgIpc) is 3.61. The molecule has 278 valence electrons. The van der Waals surface area contributed by atoms with Crippen LogP contribution in [0, 0.1) is 0 Å². The predicted octanol–water partition coefficient (Wildman–Crippen LogP) is 15.1. The lowest BCUT2D eigenvalue weighted by molar-refractivity contribution is 1.07. The van der Waals surface area contributed by atoms with E-state index in [1.165, 1.54) is 71.6 Å². The van der Waals surface area contributed by atoms with Crippen LogP contribution in [0.4, 0.5) is 11.4 Å². The van der Waals surface area contributed by atoms with Crippen molar-refractivity contribution in [2.24, 2.45) is 0 Å². The molecule has 4 aromatic rings. The van der Waals surface area contributed by atoms with Crippen molar-refractivity contribution in [3.63, 3.8) is 0 Å². The summed E-state index contributed by atoms with van der Waals surface area (Å²) in [6, 6.07) is 22.8. The highest BCUT2D eigenvalue weighted by molar-refractivity contribution is 7.98. The number of thioether (sulfide) groups is 1. The zero-order chi connectivity index (χ0) is 39.6. The molecule has 1 aliphatic heterocycles. The topological polar surface area (TPSA) is 3.24 Å². The van der Waals surface area contributed by atoms with Gasteiger partial charge in [-0.05, 0) is 149 Å². The number of fused-ring (bicyclic) bond motifs is 4. The van der Waals surface area contributed by atoms with E-state index in [0.29, 0.717) is 0 Å². The molecular weight excluding hydrogens is 707 g/mol. The maximum Gasteiger partial charge on any atom is 0.0506 e. The Hall–Kier alpha value is -6.49. The molecule has 0 fully saturated rings. The van der Waals surface area contributed by atoms with Gasteiger partial charge in [0.15, 0.2) is 0 Å². The Balaban J connectivity index is 1.42. The maximum atomic E-state index is 3.84. The van der Waals surface area contributed by atoms with Crippen LogP contribution < -0.4 is 4.90 Å². The molecule has 0 saturated heterocycles. The predicted molar refractivity (Wildman–Crippen MR) is 252 cm³/mol. The molecule has 0 bridgehead atoms. The van der Waals surface area contributed by atoms with Gasteiger partial charge < -0.3 is 4.90 Å². The van der Waals surface area contributed by atoms with Gasteiger partial charge in [0.25, 0.3) is 0 Å². The summed E-state index contributed by atoms with van der Waals surface area (Å²) in [5.74, 6) is 0. The number of hydrogen-bond donors (Lipinski definition) is 0. The molecule has 0 unspecified atom stereocenters. The number of anilines is 2. The fourth-order valence-corrected chi connectivity index (χ4v) is 8.29. The highest BCUT2D eigenvalue weighted by Gasteiger charge is 2.22. The average molecular weight is 754 g/mol. The first-order valence-corrected chi connectivity index (χ1v) is 20.7. The second-order valence-electron chi connectivity index (χ2n) is 13.9. The monoisotopic (exact) mass is 753 g/mol. The molecule has 0 atom stereocenters. The van der Waals surface area contributed by atoms with Gasteiger partial charge in [0.1, 0.15) is 0 Å².